The second-order valence-electron chi connectivity index (χ2n) is 2.56. The number of nitrogens with zero attached hydrogens (tertiary/aromatic N) is 4. The quantitative estimate of drug-likeness (QED) is 0.354. The van der Waals surface area contributed by atoms with Gasteiger partial charge in [0, 0.05) is 11.8 Å². The van der Waals surface area contributed by atoms with Gasteiger partial charge in [-0.15, -0.1) is 0 Å². The number of rotatable bonds is 3. The Morgan fingerprint density at radius 1 is 1.50 bits per heavy atom. The van der Waals surface area contributed by atoms with Gasteiger partial charge in [0.25, 0.3) is 5.03 Å². The van der Waals surface area contributed by atoms with Crippen LogP contribution in [0, 0.1) is 15.3 Å². The second-order valence-corrected chi connectivity index (χ2v) is 4.84. The molecule has 0 aliphatic carbocycles. The van der Waals surface area contributed by atoms with Crippen LogP contribution >= 0.6 is 23.1 Å². The van der Waals surface area contributed by atoms with Gasteiger partial charge in [0.15, 0.2) is 10.5 Å². The first-order valence-corrected chi connectivity index (χ1v) is 5.61. The summed E-state index contributed by atoms with van der Waals surface area (Å²) in [5.41, 5.74) is 0. The van der Waals surface area contributed by atoms with Crippen LogP contribution in [-0.4, -0.2) is 14.9 Å². The van der Waals surface area contributed by atoms with Crippen molar-refractivity contribution in [3.05, 3.63) is 40.1 Å². The highest BCUT2D eigenvalue weighted by atomic mass is 32.2. The molecular formula is C7H4N4O3S2. The molecule has 0 aliphatic rings. The van der Waals surface area contributed by atoms with E-state index in [9.17, 15) is 15.3 Å². The van der Waals surface area contributed by atoms with Gasteiger partial charge < -0.3 is 5.21 Å². The highest BCUT2D eigenvalue weighted by Gasteiger charge is 2.15. The van der Waals surface area contributed by atoms with Crippen molar-refractivity contribution in [2.45, 2.75) is 9.37 Å². The van der Waals surface area contributed by atoms with Gasteiger partial charge in [-0.1, -0.05) is 0 Å². The van der Waals surface area contributed by atoms with Crippen LogP contribution in [0.1, 0.15) is 0 Å². The van der Waals surface area contributed by atoms with E-state index in [2.05, 4.69) is 9.97 Å². The standard InChI is InChI=1S/C7H4N4O3S2/c12-10-2-1-8-3-5(10)15-7-9-4-6(16-7)11(13)14/h1-4H. The van der Waals surface area contributed by atoms with Gasteiger partial charge in [0.2, 0.25) is 0 Å². The lowest BCUT2D eigenvalue weighted by Gasteiger charge is -1.98. The topological polar surface area (TPSA) is 95.9 Å². The second kappa shape index (κ2) is 4.41. The lowest BCUT2D eigenvalue weighted by atomic mass is 10.8. The van der Waals surface area contributed by atoms with Crippen LogP contribution in [0.3, 0.4) is 0 Å². The molecule has 0 saturated carbocycles. The summed E-state index contributed by atoms with van der Waals surface area (Å²) in [6.45, 7) is 0. The first-order chi connectivity index (χ1) is 7.66. The molecule has 2 rings (SSSR count). The Kier molecular flexibility index (Phi) is 2.97. The number of nitro groups is 1. The summed E-state index contributed by atoms with van der Waals surface area (Å²) < 4.78 is 1.06. The zero-order valence-corrected chi connectivity index (χ0v) is 9.27. The zero-order chi connectivity index (χ0) is 11.5. The monoisotopic (exact) mass is 256 g/mol. The van der Waals surface area contributed by atoms with E-state index in [0.717, 1.165) is 23.1 Å². The fraction of sp³-hybridized carbons (Fsp3) is 0. The summed E-state index contributed by atoms with van der Waals surface area (Å²) in [5.74, 6) is 0. The molecule has 2 aromatic heterocycles. The summed E-state index contributed by atoms with van der Waals surface area (Å²) in [4.78, 5) is 17.5. The molecule has 0 aliphatic heterocycles. The molecule has 0 amide bonds. The third-order valence-electron chi connectivity index (χ3n) is 1.53. The van der Waals surface area contributed by atoms with Crippen molar-refractivity contribution in [3.8, 4) is 0 Å². The Morgan fingerprint density at radius 3 is 2.94 bits per heavy atom. The minimum absolute atomic E-state index is 0.0520. The first kappa shape index (κ1) is 10.8. The predicted octanol–water partition coefficient (Wildman–Crippen LogP) is 1.23. The van der Waals surface area contributed by atoms with E-state index in [0.29, 0.717) is 14.1 Å². The molecule has 0 aromatic carbocycles. The van der Waals surface area contributed by atoms with Crippen LogP contribution in [0.15, 0.2) is 34.2 Å². The van der Waals surface area contributed by atoms with E-state index >= 15 is 0 Å². The maximum Gasteiger partial charge on any atom is 0.344 e. The number of hydrogen-bond acceptors (Lipinski definition) is 7. The summed E-state index contributed by atoms with van der Waals surface area (Å²) in [6.07, 6.45) is 5.16. The highest BCUT2D eigenvalue weighted by molar-refractivity contribution is 8.00. The molecule has 0 saturated heterocycles. The van der Waals surface area contributed by atoms with Crippen molar-refractivity contribution in [1.82, 2.24) is 9.97 Å². The first-order valence-electron chi connectivity index (χ1n) is 3.98. The van der Waals surface area contributed by atoms with Crippen LogP contribution < -0.4 is 4.73 Å². The van der Waals surface area contributed by atoms with Crippen molar-refractivity contribution in [2.24, 2.45) is 0 Å². The van der Waals surface area contributed by atoms with Gasteiger partial charge in [0.05, 0.1) is 11.1 Å². The van der Waals surface area contributed by atoms with E-state index < -0.39 is 4.92 Å². The van der Waals surface area contributed by atoms with Crippen LogP contribution in [0.25, 0.3) is 0 Å². The maximum absolute atomic E-state index is 11.3. The van der Waals surface area contributed by atoms with Crippen molar-refractivity contribution in [3.63, 3.8) is 0 Å². The van der Waals surface area contributed by atoms with Crippen molar-refractivity contribution in [1.29, 1.82) is 0 Å². The lowest BCUT2D eigenvalue weighted by molar-refractivity contribution is -0.646. The van der Waals surface area contributed by atoms with Gasteiger partial charge in [-0.2, -0.15) is 4.73 Å². The average Bonchev–Trinajstić information content (AvgIpc) is 2.70. The molecule has 2 aromatic rings. The molecule has 2 heterocycles. The Bertz CT molecular complexity index is 530. The molecule has 0 atom stereocenters. The van der Waals surface area contributed by atoms with E-state index in [1.54, 1.807) is 0 Å². The number of aromatic nitrogens is 3. The molecular weight excluding hydrogens is 252 g/mol. The minimum Gasteiger partial charge on any atom is -0.618 e. The Hall–Kier alpha value is -1.74. The molecule has 0 bridgehead atoms. The van der Waals surface area contributed by atoms with Crippen LogP contribution in [0.4, 0.5) is 5.00 Å². The normalized spacial score (nSPS) is 10.2. The largest absolute Gasteiger partial charge is 0.618 e. The molecule has 0 spiro atoms. The van der Waals surface area contributed by atoms with E-state index in [4.69, 9.17) is 0 Å². The van der Waals surface area contributed by atoms with Crippen molar-refractivity contribution >= 4 is 28.1 Å². The van der Waals surface area contributed by atoms with E-state index in [1.165, 1.54) is 24.8 Å². The van der Waals surface area contributed by atoms with Crippen LogP contribution in [0.5, 0.6) is 0 Å². The molecule has 0 fully saturated rings. The van der Waals surface area contributed by atoms with Crippen molar-refractivity contribution < 1.29 is 9.65 Å². The molecule has 16 heavy (non-hydrogen) atoms. The summed E-state index contributed by atoms with van der Waals surface area (Å²) in [6, 6.07) is 0. The zero-order valence-electron chi connectivity index (χ0n) is 7.64. The number of hydrogen-bond donors (Lipinski definition) is 0. The van der Waals surface area contributed by atoms with Gasteiger partial charge in [-0.25, -0.2) is 4.98 Å². The predicted molar refractivity (Wildman–Crippen MR) is 56.1 cm³/mol. The Balaban J connectivity index is 2.21. The SMILES string of the molecule is O=[N+]([O-])c1cnc(Sc2cncc[n+]2[O-])s1. The van der Waals surface area contributed by atoms with Gasteiger partial charge in [0.1, 0.15) is 12.4 Å². The smallest absolute Gasteiger partial charge is 0.344 e. The summed E-state index contributed by atoms with van der Waals surface area (Å²) in [7, 11) is 0. The molecule has 82 valence electrons. The third-order valence-corrected chi connectivity index (χ3v) is 3.55. The van der Waals surface area contributed by atoms with Gasteiger partial charge >= 0.3 is 5.00 Å². The third kappa shape index (κ3) is 2.25. The molecule has 0 N–H and O–H groups in total. The minimum atomic E-state index is -0.518. The fourth-order valence-electron chi connectivity index (χ4n) is 0.879. The maximum atomic E-state index is 11.3. The van der Waals surface area contributed by atoms with Crippen LogP contribution in [0.2, 0.25) is 0 Å². The average molecular weight is 256 g/mol. The van der Waals surface area contributed by atoms with Crippen LogP contribution in [-0.2, 0) is 0 Å². The highest BCUT2D eigenvalue weighted by Crippen LogP contribution is 2.32. The Morgan fingerprint density at radius 2 is 2.31 bits per heavy atom. The number of thiazole rings is 1. The molecule has 9 heteroatoms. The lowest BCUT2D eigenvalue weighted by Crippen LogP contribution is -2.28. The van der Waals surface area contributed by atoms with E-state index in [-0.39, 0.29) is 5.00 Å². The Labute approximate surface area is 97.5 Å². The van der Waals surface area contributed by atoms with Gasteiger partial charge in [-0.05, 0) is 11.3 Å². The molecule has 0 radical (unpaired) electrons. The van der Waals surface area contributed by atoms with Crippen molar-refractivity contribution in [2.75, 3.05) is 0 Å². The van der Waals surface area contributed by atoms with E-state index in [1.807, 2.05) is 0 Å². The molecule has 7 nitrogen and oxygen atoms in total. The summed E-state index contributed by atoms with van der Waals surface area (Å²) in [5, 5.41) is 22.0. The van der Waals surface area contributed by atoms with Gasteiger partial charge in [-0.3, -0.25) is 15.1 Å². The fourth-order valence-corrected chi connectivity index (χ4v) is 2.57. The summed E-state index contributed by atoms with van der Waals surface area (Å²) >= 11 is 1.96. The molecule has 0 unspecified atom stereocenters.